The van der Waals surface area contributed by atoms with E-state index in [1.54, 1.807) is 32.4 Å². The monoisotopic (exact) mass is 545 g/mol. The van der Waals surface area contributed by atoms with E-state index in [2.05, 4.69) is 30.3 Å². The Morgan fingerprint density at radius 3 is 2.71 bits per heavy atom. The van der Waals surface area contributed by atoms with Crippen LogP contribution in [-0.4, -0.2) is 78.1 Å². The van der Waals surface area contributed by atoms with Crippen molar-refractivity contribution in [2.24, 2.45) is 0 Å². The van der Waals surface area contributed by atoms with E-state index in [0.29, 0.717) is 31.9 Å². The maximum absolute atomic E-state index is 12.4. The minimum atomic E-state index is -3.51. The molecular formula is C25H35N7O5S. The van der Waals surface area contributed by atoms with Crippen molar-refractivity contribution in [1.82, 2.24) is 29.5 Å². The maximum Gasteiger partial charge on any atom is 0.407 e. The summed E-state index contributed by atoms with van der Waals surface area (Å²) in [6.07, 6.45) is 4.45. The molecule has 1 fully saturated rings. The number of carbonyl (C=O) groups is 1. The van der Waals surface area contributed by atoms with Crippen molar-refractivity contribution >= 4 is 33.1 Å². The molecule has 2 atom stereocenters. The number of nitrogens with one attached hydrogen (secondary N) is 3. The van der Waals surface area contributed by atoms with Crippen LogP contribution in [0.4, 0.5) is 16.3 Å². The first-order chi connectivity index (χ1) is 17.9. The van der Waals surface area contributed by atoms with Gasteiger partial charge in [0.05, 0.1) is 25.4 Å². The zero-order valence-corrected chi connectivity index (χ0v) is 23.1. The number of methoxy groups -OCH3 is 1. The molecule has 3 aromatic rings. The fourth-order valence-corrected chi connectivity index (χ4v) is 5.29. The number of anilines is 2. The molecule has 12 nitrogen and oxygen atoms in total. The second-order valence-corrected chi connectivity index (χ2v) is 12.2. The number of fused-ring (bicyclic) bond motifs is 1. The molecule has 3 heterocycles. The van der Waals surface area contributed by atoms with E-state index in [9.17, 15) is 13.2 Å². The van der Waals surface area contributed by atoms with Gasteiger partial charge >= 0.3 is 6.09 Å². The molecule has 1 amide bonds. The molecule has 3 N–H and O–H groups in total. The summed E-state index contributed by atoms with van der Waals surface area (Å²) < 4.78 is 39.4. The van der Waals surface area contributed by atoms with Gasteiger partial charge in [0.2, 0.25) is 10.0 Å². The third kappa shape index (κ3) is 7.33. The largest absolute Gasteiger partial charge is 0.497 e. The fourth-order valence-electron chi connectivity index (χ4n) is 4.51. The standard InChI is InChI=1S/C25H35N7O5S/c1-25(2,3)37-24(33)29-20-10-11-31(15-21(20)30-38(5,34)35)14-17-9-12-32-22(17)23(26-16-27-32)28-18-7-6-8-19(13-18)36-4/h6-9,12-13,16,20-21,30H,10-11,14-15H2,1-5H3,(H,29,33)(H,26,27,28)/t20-,21-/m1/s1. The maximum atomic E-state index is 12.4. The van der Waals surface area contributed by atoms with Gasteiger partial charge in [-0.2, -0.15) is 5.10 Å². The van der Waals surface area contributed by atoms with Crippen LogP contribution >= 0.6 is 0 Å². The van der Waals surface area contributed by atoms with E-state index in [4.69, 9.17) is 9.47 Å². The van der Waals surface area contributed by atoms with Gasteiger partial charge in [-0.3, -0.25) is 4.90 Å². The van der Waals surface area contributed by atoms with E-state index < -0.39 is 33.8 Å². The van der Waals surface area contributed by atoms with Crippen LogP contribution in [0.15, 0.2) is 42.9 Å². The van der Waals surface area contributed by atoms with Crippen molar-refractivity contribution < 1.29 is 22.7 Å². The summed E-state index contributed by atoms with van der Waals surface area (Å²) in [7, 11) is -1.89. The number of amides is 1. The summed E-state index contributed by atoms with van der Waals surface area (Å²) >= 11 is 0. The number of hydrogen-bond donors (Lipinski definition) is 3. The Labute approximate surface area is 222 Å². The SMILES string of the molecule is COc1cccc(Nc2ncnn3ccc(CN4CC[C@@H](NC(=O)OC(C)(C)C)[C@H](NS(C)(=O)=O)C4)c23)c1. The van der Waals surface area contributed by atoms with Crippen LogP contribution in [0.5, 0.6) is 5.75 Å². The van der Waals surface area contributed by atoms with Crippen LogP contribution in [0.3, 0.4) is 0 Å². The van der Waals surface area contributed by atoms with Gasteiger partial charge in [0.1, 0.15) is 23.2 Å². The molecule has 1 aromatic carbocycles. The van der Waals surface area contributed by atoms with Crippen LogP contribution in [0.2, 0.25) is 0 Å². The molecule has 38 heavy (non-hydrogen) atoms. The molecule has 0 unspecified atom stereocenters. The third-order valence-electron chi connectivity index (χ3n) is 6.03. The van der Waals surface area contributed by atoms with Gasteiger partial charge in [-0.25, -0.2) is 27.4 Å². The van der Waals surface area contributed by atoms with Crippen molar-refractivity contribution in [1.29, 1.82) is 0 Å². The highest BCUT2D eigenvalue weighted by atomic mass is 32.2. The number of sulfonamides is 1. The minimum absolute atomic E-state index is 0.400. The Morgan fingerprint density at radius 1 is 1.21 bits per heavy atom. The number of carbonyl (C=O) groups excluding carboxylic acids is 1. The molecule has 206 valence electrons. The number of hydrogen-bond acceptors (Lipinski definition) is 9. The second-order valence-electron chi connectivity index (χ2n) is 10.4. The number of nitrogens with zero attached hydrogens (tertiary/aromatic N) is 4. The zero-order chi connectivity index (χ0) is 27.5. The molecule has 1 aliphatic heterocycles. The molecule has 2 aromatic heterocycles. The molecule has 0 aliphatic carbocycles. The Kier molecular flexibility index (Phi) is 8.09. The van der Waals surface area contributed by atoms with E-state index in [1.165, 1.54) is 6.33 Å². The lowest BCUT2D eigenvalue weighted by Crippen LogP contribution is -2.60. The number of likely N-dealkylation sites (tertiary alicyclic amines) is 1. The van der Waals surface area contributed by atoms with Gasteiger partial charge in [0.25, 0.3) is 0 Å². The number of piperidine rings is 1. The van der Waals surface area contributed by atoms with E-state index in [0.717, 1.165) is 28.8 Å². The topological polar surface area (TPSA) is 139 Å². The highest BCUT2D eigenvalue weighted by Crippen LogP contribution is 2.27. The number of ether oxygens (including phenoxy) is 2. The first-order valence-electron chi connectivity index (χ1n) is 12.3. The average molecular weight is 546 g/mol. The van der Waals surface area contributed by atoms with Crippen LogP contribution < -0.4 is 20.1 Å². The van der Waals surface area contributed by atoms with Crippen molar-refractivity contribution in [2.45, 2.75) is 51.4 Å². The lowest BCUT2D eigenvalue weighted by atomic mass is 9.99. The lowest BCUT2D eigenvalue weighted by Gasteiger charge is -2.39. The number of alkyl carbamates (subject to hydrolysis) is 1. The zero-order valence-electron chi connectivity index (χ0n) is 22.3. The van der Waals surface area contributed by atoms with Crippen molar-refractivity contribution in [3.8, 4) is 5.75 Å². The summed E-state index contributed by atoms with van der Waals surface area (Å²) in [6.45, 7) is 6.93. The van der Waals surface area contributed by atoms with Crippen LogP contribution in [0.1, 0.15) is 32.8 Å². The molecule has 0 bridgehead atoms. The van der Waals surface area contributed by atoms with Gasteiger partial charge in [-0.15, -0.1) is 0 Å². The van der Waals surface area contributed by atoms with Crippen molar-refractivity contribution in [3.63, 3.8) is 0 Å². The Morgan fingerprint density at radius 2 is 2.00 bits per heavy atom. The van der Waals surface area contributed by atoms with Crippen LogP contribution in [-0.2, 0) is 21.3 Å². The summed E-state index contributed by atoms with van der Waals surface area (Å²) in [4.78, 5) is 19.0. The highest BCUT2D eigenvalue weighted by Gasteiger charge is 2.33. The van der Waals surface area contributed by atoms with E-state index in [1.807, 2.05) is 36.5 Å². The fraction of sp³-hybridized carbons (Fsp3) is 0.480. The first kappa shape index (κ1) is 27.6. The lowest BCUT2D eigenvalue weighted by molar-refractivity contribution is 0.0459. The van der Waals surface area contributed by atoms with E-state index >= 15 is 0 Å². The van der Waals surface area contributed by atoms with Crippen molar-refractivity contribution in [2.75, 3.05) is 31.8 Å². The summed E-state index contributed by atoms with van der Waals surface area (Å²) in [5.41, 5.74) is 1.97. The minimum Gasteiger partial charge on any atom is -0.497 e. The third-order valence-corrected chi connectivity index (χ3v) is 6.76. The van der Waals surface area contributed by atoms with E-state index in [-0.39, 0.29) is 0 Å². The molecular weight excluding hydrogens is 510 g/mol. The smallest absolute Gasteiger partial charge is 0.407 e. The molecule has 4 rings (SSSR count). The Balaban J connectivity index is 1.52. The molecule has 13 heteroatoms. The number of rotatable bonds is 8. The quantitative estimate of drug-likeness (QED) is 0.390. The van der Waals surface area contributed by atoms with Gasteiger partial charge in [0, 0.05) is 37.6 Å². The second kappa shape index (κ2) is 11.1. The average Bonchev–Trinajstić information content (AvgIpc) is 3.22. The molecule has 0 spiro atoms. The van der Waals surface area contributed by atoms with Gasteiger partial charge in [-0.05, 0) is 51.0 Å². The summed E-state index contributed by atoms with van der Waals surface area (Å²) in [6, 6.07) is 8.61. The van der Waals surface area contributed by atoms with Gasteiger partial charge in [-0.1, -0.05) is 6.07 Å². The highest BCUT2D eigenvalue weighted by molar-refractivity contribution is 7.88. The van der Waals surface area contributed by atoms with Crippen LogP contribution in [0, 0.1) is 0 Å². The first-order valence-corrected chi connectivity index (χ1v) is 14.2. The Bertz CT molecular complexity index is 1390. The number of benzene rings is 1. The molecule has 1 saturated heterocycles. The molecule has 0 radical (unpaired) electrons. The van der Waals surface area contributed by atoms with Crippen molar-refractivity contribution in [3.05, 3.63) is 48.4 Å². The predicted octanol–water partition coefficient (Wildman–Crippen LogP) is 2.50. The Hall–Kier alpha value is -3.42. The summed E-state index contributed by atoms with van der Waals surface area (Å²) in [5.74, 6) is 1.36. The van der Waals surface area contributed by atoms with Gasteiger partial charge < -0.3 is 20.1 Å². The molecule has 1 aliphatic rings. The summed E-state index contributed by atoms with van der Waals surface area (Å²) in [5, 5.41) is 10.5. The predicted molar refractivity (Wildman–Crippen MR) is 144 cm³/mol. The normalized spacial score (nSPS) is 18.8. The molecule has 0 saturated carbocycles. The van der Waals surface area contributed by atoms with Crippen LogP contribution in [0.25, 0.3) is 5.52 Å². The number of aromatic nitrogens is 3. The van der Waals surface area contributed by atoms with Gasteiger partial charge in [0.15, 0.2) is 5.82 Å².